The van der Waals surface area contributed by atoms with Crippen LogP contribution < -0.4 is 4.74 Å². The summed E-state index contributed by atoms with van der Waals surface area (Å²) in [5.41, 5.74) is 2.68. The number of methoxy groups -OCH3 is 1. The Morgan fingerprint density at radius 2 is 2.22 bits per heavy atom. The molecule has 0 aromatic heterocycles. The van der Waals surface area contributed by atoms with Gasteiger partial charge in [0.1, 0.15) is 5.75 Å². The van der Waals surface area contributed by atoms with Crippen molar-refractivity contribution in [3.8, 4) is 5.75 Å². The SMILES string of the molecule is COc1ccc2c(c1)CCCC2CC(=O)N(C)C. The van der Waals surface area contributed by atoms with Crippen molar-refractivity contribution >= 4 is 5.91 Å². The van der Waals surface area contributed by atoms with Crippen LogP contribution in [0.4, 0.5) is 0 Å². The van der Waals surface area contributed by atoms with E-state index in [-0.39, 0.29) is 5.91 Å². The van der Waals surface area contributed by atoms with E-state index >= 15 is 0 Å². The van der Waals surface area contributed by atoms with E-state index in [4.69, 9.17) is 4.74 Å². The highest BCUT2D eigenvalue weighted by atomic mass is 16.5. The van der Waals surface area contributed by atoms with Gasteiger partial charge < -0.3 is 9.64 Å². The fraction of sp³-hybridized carbons (Fsp3) is 0.533. The van der Waals surface area contributed by atoms with Crippen LogP contribution in [-0.4, -0.2) is 32.0 Å². The van der Waals surface area contributed by atoms with Gasteiger partial charge in [0.15, 0.2) is 0 Å². The first kappa shape index (κ1) is 12.9. The van der Waals surface area contributed by atoms with Gasteiger partial charge in [-0.2, -0.15) is 0 Å². The summed E-state index contributed by atoms with van der Waals surface area (Å²) in [6, 6.07) is 6.24. The van der Waals surface area contributed by atoms with Gasteiger partial charge in [-0.15, -0.1) is 0 Å². The third-order valence-corrected chi connectivity index (χ3v) is 3.71. The topological polar surface area (TPSA) is 29.5 Å². The van der Waals surface area contributed by atoms with Gasteiger partial charge >= 0.3 is 0 Å². The van der Waals surface area contributed by atoms with Crippen molar-refractivity contribution in [1.29, 1.82) is 0 Å². The van der Waals surface area contributed by atoms with E-state index in [9.17, 15) is 4.79 Å². The van der Waals surface area contributed by atoms with Crippen LogP contribution in [0.25, 0.3) is 0 Å². The molecule has 3 nitrogen and oxygen atoms in total. The molecule has 1 aromatic rings. The zero-order chi connectivity index (χ0) is 13.1. The largest absolute Gasteiger partial charge is 0.497 e. The van der Waals surface area contributed by atoms with Crippen LogP contribution in [-0.2, 0) is 11.2 Å². The molecule has 0 saturated heterocycles. The standard InChI is InChI=1S/C15H21NO2/c1-16(2)15(17)10-12-6-4-5-11-9-13(18-3)7-8-14(11)12/h7-9,12H,4-6,10H2,1-3H3. The van der Waals surface area contributed by atoms with Crippen LogP contribution in [0.15, 0.2) is 18.2 Å². The maximum atomic E-state index is 11.8. The smallest absolute Gasteiger partial charge is 0.222 e. The molecule has 0 saturated carbocycles. The zero-order valence-corrected chi connectivity index (χ0v) is 11.4. The first-order valence-electron chi connectivity index (χ1n) is 6.48. The number of benzene rings is 1. The fourth-order valence-electron chi connectivity index (χ4n) is 2.62. The molecule has 2 rings (SSSR count). The zero-order valence-electron chi connectivity index (χ0n) is 11.4. The summed E-state index contributed by atoms with van der Waals surface area (Å²) >= 11 is 0. The summed E-state index contributed by atoms with van der Waals surface area (Å²) in [5, 5.41) is 0. The third kappa shape index (κ3) is 2.66. The molecule has 1 amide bonds. The number of carbonyl (C=O) groups is 1. The van der Waals surface area contributed by atoms with Crippen LogP contribution in [0.3, 0.4) is 0 Å². The minimum absolute atomic E-state index is 0.212. The highest BCUT2D eigenvalue weighted by Crippen LogP contribution is 2.35. The number of fused-ring (bicyclic) bond motifs is 1. The number of ether oxygens (including phenoxy) is 1. The normalized spacial score (nSPS) is 18.1. The summed E-state index contributed by atoms with van der Waals surface area (Å²) in [6.45, 7) is 0. The van der Waals surface area contributed by atoms with Crippen LogP contribution in [0.5, 0.6) is 5.75 Å². The van der Waals surface area contributed by atoms with Gasteiger partial charge in [0, 0.05) is 20.5 Å². The molecule has 0 bridgehead atoms. The molecule has 1 aliphatic rings. The summed E-state index contributed by atoms with van der Waals surface area (Å²) in [6.07, 6.45) is 3.98. The Labute approximate surface area is 109 Å². The predicted octanol–water partition coefficient (Wildman–Crippen LogP) is 2.59. The minimum Gasteiger partial charge on any atom is -0.497 e. The van der Waals surface area contributed by atoms with E-state index in [0.717, 1.165) is 25.0 Å². The number of amides is 1. The maximum absolute atomic E-state index is 11.8. The Bertz CT molecular complexity index is 440. The predicted molar refractivity (Wildman–Crippen MR) is 72.0 cm³/mol. The van der Waals surface area contributed by atoms with Crippen LogP contribution in [0, 0.1) is 0 Å². The Morgan fingerprint density at radius 3 is 2.89 bits per heavy atom. The molecule has 0 radical (unpaired) electrons. The molecule has 1 aliphatic carbocycles. The van der Waals surface area contributed by atoms with Crippen LogP contribution in [0.1, 0.15) is 36.3 Å². The monoisotopic (exact) mass is 247 g/mol. The van der Waals surface area contributed by atoms with E-state index < -0.39 is 0 Å². The van der Waals surface area contributed by atoms with Crippen LogP contribution in [0.2, 0.25) is 0 Å². The molecule has 0 N–H and O–H groups in total. The van der Waals surface area contributed by atoms with Crippen LogP contribution >= 0.6 is 0 Å². The number of carbonyl (C=O) groups excluding carboxylic acids is 1. The first-order valence-corrected chi connectivity index (χ1v) is 6.48. The second-order valence-electron chi connectivity index (χ2n) is 5.15. The molecule has 0 spiro atoms. The highest BCUT2D eigenvalue weighted by Gasteiger charge is 2.23. The second-order valence-corrected chi connectivity index (χ2v) is 5.15. The molecule has 0 aliphatic heterocycles. The summed E-state index contributed by atoms with van der Waals surface area (Å²) < 4.78 is 5.26. The number of nitrogens with zero attached hydrogens (tertiary/aromatic N) is 1. The van der Waals surface area contributed by atoms with Crippen molar-refractivity contribution in [3.63, 3.8) is 0 Å². The summed E-state index contributed by atoms with van der Waals surface area (Å²) in [5.74, 6) is 1.49. The van der Waals surface area contributed by atoms with E-state index in [1.54, 1.807) is 12.0 Å². The molecule has 18 heavy (non-hydrogen) atoms. The number of hydrogen-bond donors (Lipinski definition) is 0. The van der Waals surface area contributed by atoms with Gasteiger partial charge in [0.2, 0.25) is 5.91 Å². The molecule has 3 heteroatoms. The lowest BCUT2D eigenvalue weighted by Gasteiger charge is -2.26. The minimum atomic E-state index is 0.212. The Balaban J connectivity index is 2.20. The lowest BCUT2D eigenvalue weighted by molar-refractivity contribution is -0.129. The molecule has 0 fully saturated rings. The quantitative estimate of drug-likeness (QED) is 0.821. The average molecular weight is 247 g/mol. The molecule has 1 atom stereocenters. The van der Waals surface area contributed by atoms with E-state index in [0.29, 0.717) is 12.3 Å². The Kier molecular flexibility index (Phi) is 3.90. The van der Waals surface area contributed by atoms with Gasteiger partial charge in [-0.1, -0.05) is 6.07 Å². The molecule has 0 heterocycles. The summed E-state index contributed by atoms with van der Waals surface area (Å²) in [7, 11) is 5.33. The van der Waals surface area contributed by atoms with Gasteiger partial charge in [0.05, 0.1) is 7.11 Å². The number of rotatable bonds is 3. The molecular formula is C15H21NO2. The molecular weight excluding hydrogens is 226 g/mol. The molecule has 1 aromatic carbocycles. The Morgan fingerprint density at radius 1 is 1.44 bits per heavy atom. The van der Waals surface area contributed by atoms with Crippen molar-refractivity contribution < 1.29 is 9.53 Å². The Hall–Kier alpha value is -1.51. The first-order chi connectivity index (χ1) is 8.61. The lowest BCUT2D eigenvalue weighted by Crippen LogP contribution is -2.25. The maximum Gasteiger partial charge on any atom is 0.222 e. The van der Waals surface area contributed by atoms with Crippen molar-refractivity contribution in [1.82, 2.24) is 4.90 Å². The average Bonchev–Trinajstić information content (AvgIpc) is 2.38. The number of aryl methyl sites for hydroxylation is 1. The van der Waals surface area contributed by atoms with Gasteiger partial charge in [0.25, 0.3) is 0 Å². The van der Waals surface area contributed by atoms with E-state index in [1.807, 2.05) is 20.2 Å². The number of hydrogen-bond acceptors (Lipinski definition) is 2. The lowest BCUT2D eigenvalue weighted by atomic mass is 9.81. The second kappa shape index (κ2) is 5.42. The van der Waals surface area contributed by atoms with Crippen molar-refractivity contribution in [2.45, 2.75) is 31.6 Å². The summed E-state index contributed by atoms with van der Waals surface area (Å²) in [4.78, 5) is 13.5. The highest BCUT2D eigenvalue weighted by molar-refractivity contribution is 5.76. The fourth-order valence-corrected chi connectivity index (χ4v) is 2.62. The van der Waals surface area contributed by atoms with Gasteiger partial charge in [-0.3, -0.25) is 4.79 Å². The van der Waals surface area contributed by atoms with Crippen molar-refractivity contribution in [3.05, 3.63) is 29.3 Å². The third-order valence-electron chi connectivity index (χ3n) is 3.71. The van der Waals surface area contributed by atoms with Gasteiger partial charge in [-0.05, 0) is 48.4 Å². The van der Waals surface area contributed by atoms with Crippen molar-refractivity contribution in [2.75, 3.05) is 21.2 Å². The van der Waals surface area contributed by atoms with E-state index in [1.165, 1.54) is 11.1 Å². The molecule has 1 unspecified atom stereocenters. The van der Waals surface area contributed by atoms with E-state index in [2.05, 4.69) is 12.1 Å². The van der Waals surface area contributed by atoms with Gasteiger partial charge in [-0.25, -0.2) is 0 Å². The molecule has 98 valence electrons. The van der Waals surface area contributed by atoms with Crippen molar-refractivity contribution in [2.24, 2.45) is 0 Å².